The third-order valence-electron chi connectivity index (χ3n) is 2.51. The fourth-order valence-corrected chi connectivity index (χ4v) is 1.62. The van der Waals surface area contributed by atoms with Crippen LogP contribution in [-0.4, -0.2) is 21.0 Å². The highest BCUT2D eigenvalue weighted by Gasteiger charge is 2.19. The number of H-pyrrole nitrogens is 1. The van der Waals surface area contributed by atoms with E-state index in [2.05, 4.69) is 9.97 Å². The molecule has 0 aliphatic rings. The number of aryl methyl sites for hydroxylation is 1. The Morgan fingerprint density at radius 3 is 2.65 bits per heavy atom. The number of aromatic nitrogens is 2. The number of carboxylic acid groups (broad SMARTS) is 1. The summed E-state index contributed by atoms with van der Waals surface area (Å²) in [4.78, 5) is 17.9. The molecule has 1 aromatic carbocycles. The van der Waals surface area contributed by atoms with Gasteiger partial charge in [-0.15, -0.1) is 0 Å². The molecule has 0 amide bonds. The van der Waals surface area contributed by atoms with E-state index in [9.17, 15) is 4.79 Å². The van der Waals surface area contributed by atoms with Gasteiger partial charge in [-0.2, -0.15) is 0 Å². The molecule has 0 saturated carbocycles. The predicted molar refractivity (Wildman–Crippen MR) is 63.3 cm³/mol. The van der Waals surface area contributed by atoms with Crippen LogP contribution >= 0.6 is 0 Å². The molecule has 0 fully saturated rings. The van der Waals surface area contributed by atoms with E-state index in [0.717, 1.165) is 17.0 Å². The fraction of sp³-hybridized carbons (Fsp3) is 0.167. The first-order valence-corrected chi connectivity index (χ1v) is 5.20. The molecule has 2 rings (SSSR count). The van der Waals surface area contributed by atoms with Crippen LogP contribution in [0.3, 0.4) is 0 Å². The van der Waals surface area contributed by atoms with Gasteiger partial charge < -0.3 is 15.8 Å². The maximum Gasteiger partial charge on any atom is 0.328 e. The van der Waals surface area contributed by atoms with Gasteiger partial charge in [0.25, 0.3) is 0 Å². The van der Waals surface area contributed by atoms with Crippen molar-refractivity contribution in [3.05, 3.63) is 41.9 Å². The van der Waals surface area contributed by atoms with E-state index in [4.69, 9.17) is 10.8 Å². The van der Waals surface area contributed by atoms with E-state index >= 15 is 0 Å². The Bertz CT molecular complexity index is 534. The van der Waals surface area contributed by atoms with Crippen molar-refractivity contribution in [3.8, 4) is 11.3 Å². The molecule has 0 radical (unpaired) electrons. The summed E-state index contributed by atoms with van der Waals surface area (Å²) in [5.74, 6) is -0.827. The first kappa shape index (κ1) is 11.3. The number of nitrogens with one attached hydrogen (secondary N) is 1. The molecular weight excluding hydrogens is 218 g/mol. The molecule has 1 heterocycles. The monoisotopic (exact) mass is 231 g/mol. The van der Waals surface area contributed by atoms with Crippen LogP contribution in [0.2, 0.25) is 0 Å². The smallest absolute Gasteiger partial charge is 0.328 e. The second-order valence-corrected chi connectivity index (χ2v) is 3.78. The maximum atomic E-state index is 10.8. The molecule has 4 N–H and O–H groups in total. The lowest BCUT2D eigenvalue weighted by Crippen LogP contribution is -2.21. The van der Waals surface area contributed by atoms with E-state index in [-0.39, 0.29) is 5.82 Å². The van der Waals surface area contributed by atoms with Crippen molar-refractivity contribution in [2.75, 3.05) is 0 Å². The van der Waals surface area contributed by atoms with Gasteiger partial charge in [-0.1, -0.05) is 30.3 Å². The van der Waals surface area contributed by atoms with Crippen LogP contribution in [0.4, 0.5) is 0 Å². The van der Waals surface area contributed by atoms with Crippen molar-refractivity contribution >= 4 is 5.97 Å². The van der Waals surface area contributed by atoms with Crippen LogP contribution in [0.5, 0.6) is 0 Å². The summed E-state index contributed by atoms with van der Waals surface area (Å²) in [5, 5.41) is 8.82. The van der Waals surface area contributed by atoms with E-state index in [1.54, 1.807) is 0 Å². The first-order valence-electron chi connectivity index (χ1n) is 5.20. The number of imidazole rings is 1. The van der Waals surface area contributed by atoms with E-state index < -0.39 is 12.0 Å². The number of nitrogens with zero attached hydrogens (tertiary/aromatic N) is 1. The molecular formula is C12H13N3O2. The molecule has 17 heavy (non-hydrogen) atoms. The molecule has 0 spiro atoms. The third-order valence-corrected chi connectivity index (χ3v) is 2.51. The Kier molecular flexibility index (Phi) is 2.93. The lowest BCUT2D eigenvalue weighted by Gasteiger charge is -2.00. The minimum Gasteiger partial charge on any atom is -0.480 e. The van der Waals surface area contributed by atoms with Gasteiger partial charge in [-0.25, -0.2) is 4.98 Å². The summed E-state index contributed by atoms with van der Waals surface area (Å²) in [7, 11) is 0. The van der Waals surface area contributed by atoms with Crippen LogP contribution in [0.25, 0.3) is 11.3 Å². The summed E-state index contributed by atoms with van der Waals surface area (Å²) >= 11 is 0. The molecule has 1 atom stereocenters. The highest BCUT2D eigenvalue weighted by molar-refractivity contribution is 5.74. The Labute approximate surface area is 98.3 Å². The van der Waals surface area contributed by atoms with Gasteiger partial charge in [0.1, 0.15) is 5.82 Å². The largest absolute Gasteiger partial charge is 0.480 e. The zero-order valence-electron chi connectivity index (χ0n) is 9.34. The van der Waals surface area contributed by atoms with Gasteiger partial charge in [0.15, 0.2) is 6.04 Å². The van der Waals surface area contributed by atoms with Gasteiger partial charge in [0.2, 0.25) is 0 Å². The highest BCUT2D eigenvalue weighted by atomic mass is 16.4. The van der Waals surface area contributed by atoms with Crippen molar-refractivity contribution in [2.45, 2.75) is 13.0 Å². The Hall–Kier alpha value is -2.14. The van der Waals surface area contributed by atoms with Crippen LogP contribution in [0.15, 0.2) is 30.3 Å². The number of nitrogens with two attached hydrogens (primary N) is 1. The summed E-state index contributed by atoms with van der Waals surface area (Å²) in [6.45, 7) is 1.84. The number of carboxylic acids is 1. The minimum absolute atomic E-state index is 0.272. The topological polar surface area (TPSA) is 92.0 Å². The Morgan fingerprint density at radius 2 is 2.06 bits per heavy atom. The van der Waals surface area contributed by atoms with Crippen molar-refractivity contribution < 1.29 is 9.90 Å². The number of carbonyl (C=O) groups is 1. The van der Waals surface area contributed by atoms with Crippen LogP contribution in [0.1, 0.15) is 17.6 Å². The van der Waals surface area contributed by atoms with E-state index in [1.165, 1.54) is 0 Å². The van der Waals surface area contributed by atoms with E-state index in [1.807, 2.05) is 37.3 Å². The maximum absolute atomic E-state index is 10.8. The van der Waals surface area contributed by atoms with Crippen molar-refractivity contribution in [3.63, 3.8) is 0 Å². The lowest BCUT2D eigenvalue weighted by atomic mass is 10.1. The van der Waals surface area contributed by atoms with Gasteiger partial charge in [-0.3, -0.25) is 4.79 Å². The van der Waals surface area contributed by atoms with Gasteiger partial charge in [0, 0.05) is 11.3 Å². The molecule has 2 aromatic rings. The summed E-state index contributed by atoms with van der Waals surface area (Å²) in [6, 6.07) is 8.43. The van der Waals surface area contributed by atoms with Crippen LogP contribution in [0, 0.1) is 6.92 Å². The lowest BCUT2D eigenvalue weighted by molar-refractivity contribution is -0.138. The molecule has 0 saturated heterocycles. The van der Waals surface area contributed by atoms with Crippen LogP contribution < -0.4 is 5.73 Å². The second-order valence-electron chi connectivity index (χ2n) is 3.78. The number of aliphatic carboxylic acids is 1. The highest BCUT2D eigenvalue weighted by Crippen LogP contribution is 2.22. The normalized spacial score (nSPS) is 12.4. The molecule has 5 heteroatoms. The zero-order valence-corrected chi connectivity index (χ0v) is 9.34. The minimum atomic E-state index is -1.12. The average molecular weight is 231 g/mol. The van der Waals surface area contributed by atoms with Gasteiger partial charge >= 0.3 is 5.97 Å². The quantitative estimate of drug-likeness (QED) is 0.745. The SMILES string of the molecule is Cc1[nH]c(C(N)C(=O)O)nc1-c1ccccc1. The molecule has 0 aliphatic heterocycles. The average Bonchev–Trinajstić information content (AvgIpc) is 2.71. The van der Waals surface area contributed by atoms with Gasteiger partial charge in [0.05, 0.1) is 5.69 Å². The predicted octanol–water partition coefficient (Wildman–Crippen LogP) is 1.47. The van der Waals surface area contributed by atoms with Crippen molar-refractivity contribution in [2.24, 2.45) is 5.73 Å². The number of rotatable bonds is 3. The summed E-state index contributed by atoms with van der Waals surface area (Å²) < 4.78 is 0. The molecule has 88 valence electrons. The van der Waals surface area contributed by atoms with Crippen molar-refractivity contribution in [1.29, 1.82) is 0 Å². The standard InChI is InChI=1S/C12H13N3O2/c1-7-10(8-5-3-2-4-6-8)15-11(14-7)9(13)12(16)17/h2-6,9H,13H2,1H3,(H,14,15)(H,16,17). The zero-order chi connectivity index (χ0) is 12.4. The second kappa shape index (κ2) is 4.39. The fourth-order valence-electron chi connectivity index (χ4n) is 1.62. The summed E-state index contributed by atoms with van der Waals surface area (Å²) in [6.07, 6.45) is 0. The number of hydrogen-bond donors (Lipinski definition) is 3. The number of benzene rings is 1. The van der Waals surface area contributed by atoms with Crippen LogP contribution in [-0.2, 0) is 4.79 Å². The number of hydrogen-bond acceptors (Lipinski definition) is 3. The van der Waals surface area contributed by atoms with Crippen molar-refractivity contribution in [1.82, 2.24) is 9.97 Å². The molecule has 0 aliphatic carbocycles. The molecule has 5 nitrogen and oxygen atoms in total. The van der Waals surface area contributed by atoms with E-state index in [0.29, 0.717) is 0 Å². The molecule has 1 unspecified atom stereocenters. The first-order chi connectivity index (χ1) is 8.09. The third kappa shape index (κ3) is 2.19. The Morgan fingerprint density at radius 1 is 1.41 bits per heavy atom. The summed E-state index contributed by atoms with van der Waals surface area (Å²) in [5.41, 5.74) is 7.98. The van der Waals surface area contributed by atoms with Gasteiger partial charge in [-0.05, 0) is 6.92 Å². The Balaban J connectivity index is 2.41. The number of aromatic amines is 1. The molecule has 1 aromatic heterocycles. The molecule has 0 bridgehead atoms.